The van der Waals surface area contributed by atoms with Crippen molar-refractivity contribution in [3.8, 4) is 0 Å². The third-order valence-electron chi connectivity index (χ3n) is 4.57. The molecular formula is C19H24FN5O2. The van der Waals surface area contributed by atoms with Crippen molar-refractivity contribution in [3.63, 3.8) is 0 Å². The van der Waals surface area contributed by atoms with Crippen LogP contribution in [0.3, 0.4) is 0 Å². The second-order valence-corrected chi connectivity index (χ2v) is 6.91. The molecular weight excluding hydrogens is 349 g/mol. The number of hydrogen-bond donors (Lipinski definition) is 2. The molecule has 1 aromatic heterocycles. The summed E-state index contributed by atoms with van der Waals surface area (Å²) in [6.45, 7) is 2.44. The number of amides is 2. The van der Waals surface area contributed by atoms with E-state index >= 15 is 0 Å². The summed E-state index contributed by atoms with van der Waals surface area (Å²) in [5.74, 6) is -0.633. The van der Waals surface area contributed by atoms with Crippen LogP contribution in [0.2, 0.25) is 0 Å². The molecule has 1 fully saturated rings. The topological polar surface area (TPSA) is 79.3 Å². The molecule has 2 amide bonds. The first-order valence-corrected chi connectivity index (χ1v) is 9.02. The number of aromatic nitrogens is 2. The Labute approximate surface area is 157 Å². The number of nitrogens with zero attached hydrogens (tertiary/aromatic N) is 3. The molecule has 1 saturated heterocycles. The molecule has 3 rings (SSSR count). The van der Waals surface area contributed by atoms with Gasteiger partial charge in [-0.3, -0.25) is 14.3 Å². The van der Waals surface area contributed by atoms with Crippen LogP contribution in [-0.4, -0.2) is 40.2 Å². The molecule has 27 heavy (non-hydrogen) atoms. The zero-order valence-corrected chi connectivity index (χ0v) is 15.5. The molecule has 2 aromatic rings. The van der Waals surface area contributed by atoms with Gasteiger partial charge in [-0.15, -0.1) is 0 Å². The number of benzene rings is 1. The Kier molecular flexibility index (Phi) is 5.85. The maximum atomic E-state index is 13.6. The summed E-state index contributed by atoms with van der Waals surface area (Å²) in [6.07, 6.45) is 4.86. The van der Waals surface area contributed by atoms with Gasteiger partial charge in [-0.2, -0.15) is 5.10 Å². The zero-order chi connectivity index (χ0) is 19.4. The lowest BCUT2D eigenvalue weighted by atomic mass is 10.0. The van der Waals surface area contributed by atoms with Gasteiger partial charge in [0.05, 0.1) is 17.6 Å². The number of carbonyl (C=O) groups is 2. The minimum absolute atomic E-state index is 0.0750. The van der Waals surface area contributed by atoms with Gasteiger partial charge in [0.1, 0.15) is 5.82 Å². The molecule has 1 aliphatic heterocycles. The van der Waals surface area contributed by atoms with Gasteiger partial charge in [-0.05, 0) is 25.5 Å². The first-order valence-electron chi connectivity index (χ1n) is 9.02. The number of nitrogens with one attached hydrogen (secondary N) is 2. The Morgan fingerprint density at radius 1 is 1.41 bits per heavy atom. The fraction of sp³-hybridized carbons (Fsp3) is 0.421. The van der Waals surface area contributed by atoms with Crippen molar-refractivity contribution in [2.75, 3.05) is 16.8 Å². The lowest BCUT2D eigenvalue weighted by molar-refractivity contribution is -0.120. The number of rotatable bonds is 6. The summed E-state index contributed by atoms with van der Waals surface area (Å²) < 4.78 is 15.3. The minimum Gasteiger partial charge on any atom is -0.324 e. The van der Waals surface area contributed by atoms with Gasteiger partial charge in [0, 0.05) is 44.7 Å². The maximum Gasteiger partial charge on any atom is 0.227 e. The molecule has 8 heteroatoms. The predicted octanol–water partition coefficient (Wildman–Crippen LogP) is 2.06. The average Bonchev–Trinajstić information content (AvgIpc) is 3.04. The molecule has 1 aromatic carbocycles. The molecule has 0 radical (unpaired) electrons. The Morgan fingerprint density at radius 3 is 2.89 bits per heavy atom. The van der Waals surface area contributed by atoms with E-state index in [0.717, 1.165) is 12.1 Å². The molecule has 2 atom stereocenters. The Morgan fingerprint density at radius 2 is 2.19 bits per heavy atom. The summed E-state index contributed by atoms with van der Waals surface area (Å²) in [5.41, 5.74) is 0.958. The number of hydrogen-bond acceptors (Lipinski definition) is 4. The fourth-order valence-corrected chi connectivity index (χ4v) is 3.28. The minimum atomic E-state index is -0.454. The SMILES string of the molecule is CC(CC(=O)Nc1ccccc1F)NC1CCC(=O)N(c2cnn(C)c2)C1. The third-order valence-corrected chi connectivity index (χ3v) is 4.57. The van der Waals surface area contributed by atoms with Gasteiger partial charge in [-0.25, -0.2) is 4.39 Å². The first kappa shape index (κ1) is 19.0. The summed E-state index contributed by atoms with van der Waals surface area (Å²) in [4.78, 5) is 26.1. The second-order valence-electron chi connectivity index (χ2n) is 6.91. The van der Waals surface area contributed by atoms with Crippen LogP contribution in [0, 0.1) is 5.82 Å². The lowest BCUT2D eigenvalue weighted by Gasteiger charge is -2.33. The highest BCUT2D eigenvalue weighted by molar-refractivity contribution is 5.94. The van der Waals surface area contributed by atoms with E-state index < -0.39 is 5.82 Å². The molecule has 1 aliphatic rings. The van der Waals surface area contributed by atoms with Crippen LogP contribution in [0.4, 0.5) is 15.8 Å². The molecule has 144 valence electrons. The molecule has 0 saturated carbocycles. The number of aryl methyl sites for hydroxylation is 1. The van der Waals surface area contributed by atoms with Crippen LogP contribution in [0.5, 0.6) is 0 Å². The van der Waals surface area contributed by atoms with E-state index in [1.807, 2.05) is 20.2 Å². The van der Waals surface area contributed by atoms with E-state index in [9.17, 15) is 14.0 Å². The van der Waals surface area contributed by atoms with Crippen molar-refractivity contribution in [2.24, 2.45) is 7.05 Å². The molecule has 2 heterocycles. The van der Waals surface area contributed by atoms with Crippen molar-refractivity contribution in [3.05, 3.63) is 42.5 Å². The quantitative estimate of drug-likeness (QED) is 0.812. The Hall–Kier alpha value is -2.74. The van der Waals surface area contributed by atoms with Crippen LogP contribution < -0.4 is 15.5 Å². The molecule has 0 spiro atoms. The number of halogens is 1. The van der Waals surface area contributed by atoms with E-state index in [1.54, 1.807) is 27.9 Å². The summed E-state index contributed by atoms with van der Waals surface area (Å²) in [7, 11) is 1.81. The van der Waals surface area contributed by atoms with E-state index in [2.05, 4.69) is 15.7 Å². The Balaban J connectivity index is 1.52. The summed E-state index contributed by atoms with van der Waals surface area (Å²) in [6, 6.07) is 6.07. The van der Waals surface area contributed by atoms with E-state index in [1.165, 1.54) is 12.1 Å². The highest BCUT2D eigenvalue weighted by atomic mass is 19.1. The van der Waals surface area contributed by atoms with Crippen LogP contribution >= 0.6 is 0 Å². The number of para-hydroxylation sites is 1. The monoisotopic (exact) mass is 373 g/mol. The molecule has 7 nitrogen and oxygen atoms in total. The molecule has 2 N–H and O–H groups in total. The highest BCUT2D eigenvalue weighted by Gasteiger charge is 2.28. The zero-order valence-electron chi connectivity index (χ0n) is 15.5. The fourth-order valence-electron chi connectivity index (χ4n) is 3.28. The van der Waals surface area contributed by atoms with Crippen LogP contribution in [0.25, 0.3) is 0 Å². The highest BCUT2D eigenvalue weighted by Crippen LogP contribution is 2.21. The number of piperidine rings is 1. The van der Waals surface area contributed by atoms with E-state index in [0.29, 0.717) is 13.0 Å². The third kappa shape index (κ3) is 4.91. The maximum absolute atomic E-state index is 13.6. The number of anilines is 2. The molecule has 2 unspecified atom stereocenters. The van der Waals surface area contributed by atoms with Crippen LogP contribution in [0.15, 0.2) is 36.7 Å². The standard InChI is InChI=1S/C19H24FN5O2/c1-13(9-18(26)23-17-6-4-3-5-16(17)20)22-14-7-8-19(27)25(11-14)15-10-21-24(2)12-15/h3-6,10,12-14,22H,7-9,11H2,1-2H3,(H,23,26). The van der Waals surface area contributed by atoms with Gasteiger partial charge < -0.3 is 15.5 Å². The normalized spacial score (nSPS) is 18.4. The van der Waals surface area contributed by atoms with Gasteiger partial charge in [-0.1, -0.05) is 12.1 Å². The largest absolute Gasteiger partial charge is 0.324 e. The van der Waals surface area contributed by atoms with E-state index in [4.69, 9.17) is 0 Å². The summed E-state index contributed by atoms with van der Waals surface area (Å²) in [5, 5.41) is 10.1. The van der Waals surface area contributed by atoms with Crippen molar-refractivity contribution in [2.45, 2.75) is 38.3 Å². The van der Waals surface area contributed by atoms with Gasteiger partial charge in [0.2, 0.25) is 11.8 Å². The van der Waals surface area contributed by atoms with Gasteiger partial charge in [0.25, 0.3) is 0 Å². The summed E-state index contributed by atoms with van der Waals surface area (Å²) >= 11 is 0. The smallest absolute Gasteiger partial charge is 0.227 e. The van der Waals surface area contributed by atoms with Crippen molar-refractivity contribution in [1.29, 1.82) is 0 Å². The Bertz CT molecular complexity index is 822. The average molecular weight is 373 g/mol. The van der Waals surface area contributed by atoms with Crippen molar-refractivity contribution < 1.29 is 14.0 Å². The number of carbonyl (C=O) groups excluding carboxylic acids is 2. The molecule has 0 aliphatic carbocycles. The van der Waals surface area contributed by atoms with E-state index in [-0.39, 0.29) is 36.0 Å². The van der Waals surface area contributed by atoms with Crippen molar-refractivity contribution >= 4 is 23.2 Å². The van der Waals surface area contributed by atoms with Gasteiger partial charge >= 0.3 is 0 Å². The van der Waals surface area contributed by atoms with Crippen molar-refractivity contribution in [1.82, 2.24) is 15.1 Å². The predicted molar refractivity (Wildman–Crippen MR) is 101 cm³/mol. The lowest BCUT2D eigenvalue weighted by Crippen LogP contribution is -2.51. The van der Waals surface area contributed by atoms with Crippen LogP contribution in [0.1, 0.15) is 26.2 Å². The second kappa shape index (κ2) is 8.30. The molecule has 0 bridgehead atoms. The van der Waals surface area contributed by atoms with Crippen LogP contribution in [-0.2, 0) is 16.6 Å². The van der Waals surface area contributed by atoms with Gasteiger partial charge in [0.15, 0.2) is 0 Å². The first-order chi connectivity index (χ1) is 12.9.